The van der Waals surface area contributed by atoms with Crippen molar-refractivity contribution in [1.29, 1.82) is 0 Å². The van der Waals surface area contributed by atoms with Gasteiger partial charge < -0.3 is 20.5 Å². The molecule has 0 aliphatic carbocycles. The number of halogens is 3. The van der Waals surface area contributed by atoms with Gasteiger partial charge in [0.1, 0.15) is 11.4 Å². The molecule has 1 rings (SSSR count). The molecule has 1 aromatic carbocycles. The number of nitrogens with two attached hydrogens (primary N) is 1. The van der Waals surface area contributed by atoms with Gasteiger partial charge in [-0.15, -0.1) is 0 Å². The molecule has 0 saturated carbocycles. The summed E-state index contributed by atoms with van der Waals surface area (Å²) in [4.78, 5) is 11.5. The molecular formula is C15H21F3N2O3. The average Bonchev–Trinajstić information content (AvgIpc) is 2.41. The molecule has 130 valence electrons. The van der Waals surface area contributed by atoms with Crippen molar-refractivity contribution in [2.24, 2.45) is 5.73 Å². The van der Waals surface area contributed by atoms with Crippen LogP contribution in [0.3, 0.4) is 0 Å². The lowest BCUT2D eigenvalue weighted by Crippen LogP contribution is -2.36. The standard InChI is InChI=1S/C15H21F3N2O3/c1-14(2,3)23-13(21)20-8-11(19)9-5-6-10(15(16,17)18)12(7-9)22-4/h5-7,11H,8,19H2,1-4H3,(H,20,21). The molecule has 0 saturated heterocycles. The van der Waals surface area contributed by atoms with Crippen LogP contribution in [0.25, 0.3) is 0 Å². The summed E-state index contributed by atoms with van der Waals surface area (Å²) >= 11 is 0. The summed E-state index contributed by atoms with van der Waals surface area (Å²) in [7, 11) is 1.15. The summed E-state index contributed by atoms with van der Waals surface area (Å²) in [6.45, 7) is 5.16. The highest BCUT2D eigenvalue weighted by atomic mass is 19.4. The first-order valence-electron chi connectivity index (χ1n) is 6.91. The molecule has 1 aromatic rings. The van der Waals surface area contributed by atoms with E-state index in [2.05, 4.69) is 5.32 Å². The smallest absolute Gasteiger partial charge is 0.419 e. The van der Waals surface area contributed by atoms with Gasteiger partial charge in [0.25, 0.3) is 0 Å². The number of carbonyl (C=O) groups excluding carboxylic acids is 1. The van der Waals surface area contributed by atoms with Gasteiger partial charge in [0.15, 0.2) is 0 Å². The minimum atomic E-state index is -4.51. The predicted molar refractivity (Wildman–Crippen MR) is 79.2 cm³/mol. The molecule has 1 unspecified atom stereocenters. The van der Waals surface area contributed by atoms with Crippen LogP contribution >= 0.6 is 0 Å². The zero-order chi connectivity index (χ0) is 17.8. The van der Waals surface area contributed by atoms with Crippen LogP contribution in [-0.2, 0) is 10.9 Å². The van der Waals surface area contributed by atoms with Crippen molar-refractivity contribution in [1.82, 2.24) is 5.32 Å². The van der Waals surface area contributed by atoms with Crippen molar-refractivity contribution < 1.29 is 27.4 Å². The third-order valence-electron chi connectivity index (χ3n) is 2.82. The molecule has 0 aliphatic rings. The van der Waals surface area contributed by atoms with Crippen LogP contribution in [0.4, 0.5) is 18.0 Å². The first kappa shape index (κ1) is 19.1. The molecular weight excluding hydrogens is 313 g/mol. The van der Waals surface area contributed by atoms with Gasteiger partial charge in [-0.25, -0.2) is 4.79 Å². The normalized spacial score (nSPS) is 13.4. The molecule has 0 heterocycles. The maximum Gasteiger partial charge on any atom is 0.419 e. The molecule has 0 fully saturated rings. The van der Waals surface area contributed by atoms with E-state index in [9.17, 15) is 18.0 Å². The van der Waals surface area contributed by atoms with Crippen molar-refractivity contribution in [3.63, 3.8) is 0 Å². The topological polar surface area (TPSA) is 73.6 Å². The molecule has 5 nitrogen and oxygen atoms in total. The van der Waals surface area contributed by atoms with Crippen LogP contribution in [-0.4, -0.2) is 25.3 Å². The lowest BCUT2D eigenvalue weighted by molar-refractivity contribution is -0.138. The van der Waals surface area contributed by atoms with Crippen molar-refractivity contribution in [3.05, 3.63) is 29.3 Å². The number of amides is 1. The Morgan fingerprint density at radius 2 is 1.91 bits per heavy atom. The lowest BCUT2D eigenvalue weighted by atomic mass is 10.0. The van der Waals surface area contributed by atoms with Gasteiger partial charge >= 0.3 is 12.3 Å². The molecule has 0 spiro atoms. The third-order valence-corrected chi connectivity index (χ3v) is 2.82. The molecule has 0 bridgehead atoms. The monoisotopic (exact) mass is 334 g/mol. The third kappa shape index (κ3) is 5.97. The van der Waals surface area contributed by atoms with Gasteiger partial charge in [-0.05, 0) is 38.5 Å². The van der Waals surface area contributed by atoms with Gasteiger partial charge in [-0.2, -0.15) is 13.2 Å². The lowest BCUT2D eigenvalue weighted by Gasteiger charge is -2.21. The Kier molecular flexibility index (Phi) is 5.87. The van der Waals surface area contributed by atoms with Crippen LogP contribution in [0.2, 0.25) is 0 Å². The number of alkyl carbamates (subject to hydrolysis) is 1. The second-order valence-electron chi connectivity index (χ2n) is 5.95. The second kappa shape index (κ2) is 7.08. The van der Waals surface area contributed by atoms with Gasteiger partial charge in [-0.3, -0.25) is 0 Å². The number of carbonyl (C=O) groups is 1. The van der Waals surface area contributed by atoms with Crippen molar-refractivity contribution in [3.8, 4) is 5.75 Å². The average molecular weight is 334 g/mol. The maximum atomic E-state index is 12.8. The van der Waals surface area contributed by atoms with E-state index in [0.717, 1.165) is 13.2 Å². The molecule has 8 heteroatoms. The fraction of sp³-hybridized carbons (Fsp3) is 0.533. The summed E-state index contributed by atoms with van der Waals surface area (Å²) in [5.74, 6) is -0.317. The first-order chi connectivity index (χ1) is 10.4. The van der Waals surface area contributed by atoms with Crippen LogP contribution < -0.4 is 15.8 Å². The Hall–Kier alpha value is -1.96. The Morgan fingerprint density at radius 1 is 1.30 bits per heavy atom. The van der Waals surface area contributed by atoms with Crippen LogP contribution in [0.15, 0.2) is 18.2 Å². The van der Waals surface area contributed by atoms with Gasteiger partial charge in [-0.1, -0.05) is 6.07 Å². The van der Waals surface area contributed by atoms with Gasteiger partial charge in [0.2, 0.25) is 0 Å². The van der Waals surface area contributed by atoms with E-state index < -0.39 is 29.5 Å². The number of ether oxygens (including phenoxy) is 2. The number of benzene rings is 1. The Balaban J connectivity index is 2.77. The van der Waals surface area contributed by atoms with E-state index in [0.29, 0.717) is 5.56 Å². The zero-order valence-corrected chi connectivity index (χ0v) is 13.5. The summed E-state index contributed by atoms with van der Waals surface area (Å²) in [5.41, 5.74) is 4.77. The number of methoxy groups -OCH3 is 1. The number of hydrogen-bond acceptors (Lipinski definition) is 4. The summed E-state index contributed by atoms with van der Waals surface area (Å²) < 4.78 is 48.2. The van der Waals surface area contributed by atoms with Crippen LogP contribution in [0.1, 0.15) is 37.9 Å². The number of nitrogens with one attached hydrogen (secondary N) is 1. The highest BCUT2D eigenvalue weighted by Crippen LogP contribution is 2.37. The van der Waals surface area contributed by atoms with Gasteiger partial charge in [0, 0.05) is 12.6 Å². The van der Waals surface area contributed by atoms with E-state index in [1.807, 2.05) is 0 Å². The first-order valence-corrected chi connectivity index (χ1v) is 6.91. The summed E-state index contributed by atoms with van der Waals surface area (Å²) in [6, 6.07) is 2.68. The Bertz CT molecular complexity index is 554. The minimum absolute atomic E-state index is 0.0173. The summed E-state index contributed by atoms with van der Waals surface area (Å²) in [6.07, 6.45) is -5.16. The van der Waals surface area contributed by atoms with E-state index in [1.54, 1.807) is 20.8 Å². The van der Waals surface area contributed by atoms with E-state index in [1.165, 1.54) is 12.1 Å². The number of hydrogen-bond donors (Lipinski definition) is 2. The van der Waals surface area contributed by atoms with Crippen LogP contribution in [0, 0.1) is 0 Å². The molecule has 1 amide bonds. The van der Waals surface area contributed by atoms with E-state index in [4.69, 9.17) is 15.2 Å². The number of alkyl halides is 3. The fourth-order valence-electron chi connectivity index (χ4n) is 1.80. The van der Waals surface area contributed by atoms with Crippen molar-refractivity contribution in [2.45, 2.75) is 38.6 Å². The summed E-state index contributed by atoms with van der Waals surface area (Å²) in [5, 5.41) is 2.47. The van der Waals surface area contributed by atoms with Crippen molar-refractivity contribution in [2.75, 3.05) is 13.7 Å². The number of rotatable bonds is 4. The minimum Gasteiger partial charge on any atom is -0.496 e. The highest BCUT2D eigenvalue weighted by molar-refractivity contribution is 5.67. The molecule has 0 aromatic heterocycles. The fourth-order valence-corrected chi connectivity index (χ4v) is 1.80. The Morgan fingerprint density at radius 3 is 2.39 bits per heavy atom. The van der Waals surface area contributed by atoms with E-state index >= 15 is 0 Å². The van der Waals surface area contributed by atoms with E-state index in [-0.39, 0.29) is 12.3 Å². The zero-order valence-electron chi connectivity index (χ0n) is 13.5. The maximum absolute atomic E-state index is 12.8. The highest BCUT2D eigenvalue weighted by Gasteiger charge is 2.34. The second-order valence-corrected chi connectivity index (χ2v) is 5.95. The largest absolute Gasteiger partial charge is 0.496 e. The molecule has 3 N–H and O–H groups in total. The molecule has 0 aliphatic heterocycles. The van der Waals surface area contributed by atoms with Crippen LogP contribution in [0.5, 0.6) is 5.75 Å². The molecule has 0 radical (unpaired) electrons. The van der Waals surface area contributed by atoms with Crippen molar-refractivity contribution >= 4 is 6.09 Å². The quantitative estimate of drug-likeness (QED) is 0.886. The predicted octanol–water partition coefficient (Wildman–Crippen LogP) is 3.24. The SMILES string of the molecule is COc1cc(C(N)CNC(=O)OC(C)(C)C)ccc1C(F)(F)F. The molecule has 1 atom stereocenters. The molecule has 23 heavy (non-hydrogen) atoms. The Labute approximate surface area is 132 Å². The van der Waals surface area contributed by atoms with Gasteiger partial charge in [0.05, 0.1) is 12.7 Å².